The van der Waals surface area contributed by atoms with E-state index in [0.717, 1.165) is 42.4 Å². The third-order valence-corrected chi connectivity index (χ3v) is 8.26. The number of aryl methyl sites for hydroxylation is 1. The Hall–Kier alpha value is -3.96. The fourth-order valence-corrected chi connectivity index (χ4v) is 6.34. The lowest BCUT2D eigenvalue weighted by Gasteiger charge is -2.13. The standard InChI is InChI=1S/C28H28N6O3S2/c1-17(35)30-20-11-7-10-19(14-20)25-32-28(34-33-25)38-16-23(36)31-27-24(21-12-5-6-13-22(21)39-27)26(37)29-15-18-8-3-2-4-9-18/h2-4,7-11,14H,5-6,12-13,15-16H2,1H3,(H,29,37)(H,30,35)(H,31,36)(H,32,33,34). The van der Waals surface area contributed by atoms with Crippen LogP contribution in [0.1, 0.15) is 46.1 Å². The van der Waals surface area contributed by atoms with Crippen molar-refractivity contribution in [3.8, 4) is 11.4 Å². The normalized spacial score (nSPS) is 12.4. The van der Waals surface area contributed by atoms with E-state index in [2.05, 4.69) is 31.1 Å². The van der Waals surface area contributed by atoms with Crippen LogP contribution in [0.3, 0.4) is 0 Å². The zero-order chi connectivity index (χ0) is 27.2. The average Bonchev–Trinajstić information content (AvgIpc) is 3.55. The highest BCUT2D eigenvalue weighted by atomic mass is 32.2. The molecule has 2 aromatic heterocycles. The molecule has 0 saturated carbocycles. The Labute approximate surface area is 234 Å². The first-order chi connectivity index (χ1) is 19.0. The molecule has 9 nitrogen and oxygen atoms in total. The highest BCUT2D eigenvalue weighted by molar-refractivity contribution is 7.99. The van der Waals surface area contributed by atoms with Gasteiger partial charge in [0.15, 0.2) is 5.82 Å². The smallest absolute Gasteiger partial charge is 0.254 e. The van der Waals surface area contributed by atoms with Crippen molar-refractivity contribution in [1.82, 2.24) is 20.5 Å². The second-order valence-corrected chi connectivity index (χ2v) is 11.2. The average molecular weight is 561 g/mol. The Morgan fingerprint density at radius 2 is 1.85 bits per heavy atom. The van der Waals surface area contributed by atoms with Crippen LogP contribution in [-0.4, -0.2) is 38.7 Å². The number of hydrogen-bond donors (Lipinski definition) is 4. The monoisotopic (exact) mass is 560 g/mol. The maximum atomic E-state index is 13.2. The van der Waals surface area contributed by atoms with E-state index in [1.807, 2.05) is 42.5 Å². The number of carbonyl (C=O) groups excluding carboxylic acids is 3. The second-order valence-electron chi connectivity index (χ2n) is 9.15. The Morgan fingerprint density at radius 3 is 2.67 bits per heavy atom. The van der Waals surface area contributed by atoms with E-state index >= 15 is 0 Å². The molecule has 0 spiro atoms. The fourth-order valence-electron chi connectivity index (χ4n) is 4.44. The molecule has 0 fully saturated rings. The molecule has 0 atom stereocenters. The minimum absolute atomic E-state index is 0.0941. The van der Waals surface area contributed by atoms with E-state index in [1.165, 1.54) is 34.9 Å². The molecule has 0 radical (unpaired) electrons. The van der Waals surface area contributed by atoms with Crippen molar-refractivity contribution in [3.63, 3.8) is 0 Å². The molecule has 4 N–H and O–H groups in total. The Morgan fingerprint density at radius 1 is 1.03 bits per heavy atom. The van der Waals surface area contributed by atoms with Gasteiger partial charge in [-0.3, -0.25) is 19.5 Å². The highest BCUT2D eigenvalue weighted by Gasteiger charge is 2.26. The predicted molar refractivity (Wildman–Crippen MR) is 154 cm³/mol. The SMILES string of the molecule is CC(=O)Nc1cccc(-c2nc(SCC(=O)Nc3sc4c(c3C(=O)NCc3ccccc3)CCCC4)n[nH]2)c1. The fraction of sp³-hybridized carbons (Fsp3) is 0.250. The van der Waals surface area contributed by atoms with Gasteiger partial charge in [-0.2, -0.15) is 0 Å². The van der Waals surface area contributed by atoms with E-state index in [0.29, 0.717) is 33.8 Å². The van der Waals surface area contributed by atoms with Crippen molar-refractivity contribution in [2.45, 2.75) is 44.3 Å². The third-order valence-electron chi connectivity index (χ3n) is 6.20. The molecule has 0 saturated heterocycles. The quantitative estimate of drug-likeness (QED) is 0.213. The molecule has 0 unspecified atom stereocenters. The summed E-state index contributed by atoms with van der Waals surface area (Å²) in [4.78, 5) is 43.2. The van der Waals surface area contributed by atoms with Crippen LogP contribution in [0.25, 0.3) is 11.4 Å². The first-order valence-corrected chi connectivity index (χ1v) is 14.5. The van der Waals surface area contributed by atoms with Crippen LogP contribution in [0.2, 0.25) is 0 Å². The lowest BCUT2D eigenvalue weighted by Crippen LogP contribution is -2.25. The second kappa shape index (κ2) is 12.3. The van der Waals surface area contributed by atoms with Crippen LogP contribution in [0, 0.1) is 0 Å². The predicted octanol–water partition coefficient (Wildman–Crippen LogP) is 5.03. The number of aromatic nitrogens is 3. The van der Waals surface area contributed by atoms with Crippen molar-refractivity contribution < 1.29 is 14.4 Å². The van der Waals surface area contributed by atoms with Crippen molar-refractivity contribution in [3.05, 3.63) is 76.2 Å². The summed E-state index contributed by atoms with van der Waals surface area (Å²) in [5.74, 6) is 0.0801. The molecule has 0 aliphatic heterocycles. The van der Waals surface area contributed by atoms with Crippen LogP contribution in [0.5, 0.6) is 0 Å². The molecule has 2 heterocycles. The Bertz CT molecular complexity index is 1500. The lowest BCUT2D eigenvalue weighted by atomic mass is 9.95. The number of thiophene rings is 1. The maximum Gasteiger partial charge on any atom is 0.254 e. The molecule has 200 valence electrons. The molecule has 4 aromatic rings. The van der Waals surface area contributed by atoms with Crippen molar-refractivity contribution in [1.29, 1.82) is 0 Å². The van der Waals surface area contributed by atoms with E-state index in [9.17, 15) is 14.4 Å². The number of nitrogens with one attached hydrogen (secondary N) is 4. The number of nitrogens with zero attached hydrogens (tertiary/aromatic N) is 2. The summed E-state index contributed by atoms with van der Waals surface area (Å²) in [5.41, 5.74) is 4.08. The van der Waals surface area contributed by atoms with Crippen LogP contribution >= 0.6 is 23.1 Å². The first kappa shape index (κ1) is 26.6. The van der Waals surface area contributed by atoms with Crippen LogP contribution < -0.4 is 16.0 Å². The molecular weight excluding hydrogens is 532 g/mol. The summed E-state index contributed by atoms with van der Waals surface area (Å²) < 4.78 is 0. The first-order valence-electron chi connectivity index (χ1n) is 12.7. The van der Waals surface area contributed by atoms with Gasteiger partial charge in [-0.1, -0.05) is 54.2 Å². The van der Waals surface area contributed by atoms with E-state index in [4.69, 9.17) is 0 Å². The van der Waals surface area contributed by atoms with E-state index in [-0.39, 0.29) is 23.5 Å². The molecule has 0 bridgehead atoms. The molecule has 11 heteroatoms. The summed E-state index contributed by atoms with van der Waals surface area (Å²) in [6.45, 7) is 1.88. The minimum atomic E-state index is -0.227. The van der Waals surface area contributed by atoms with Gasteiger partial charge in [0.05, 0.1) is 11.3 Å². The molecule has 1 aliphatic rings. The van der Waals surface area contributed by atoms with E-state index < -0.39 is 0 Å². The van der Waals surface area contributed by atoms with Gasteiger partial charge in [0.2, 0.25) is 17.0 Å². The van der Waals surface area contributed by atoms with Gasteiger partial charge in [-0.15, -0.1) is 16.4 Å². The van der Waals surface area contributed by atoms with Gasteiger partial charge in [0.1, 0.15) is 5.00 Å². The molecule has 3 amide bonds. The lowest BCUT2D eigenvalue weighted by molar-refractivity contribution is -0.114. The van der Waals surface area contributed by atoms with Gasteiger partial charge in [0.25, 0.3) is 5.91 Å². The summed E-state index contributed by atoms with van der Waals surface area (Å²) in [5, 5.41) is 16.9. The van der Waals surface area contributed by atoms with E-state index in [1.54, 1.807) is 12.1 Å². The van der Waals surface area contributed by atoms with Crippen molar-refractivity contribution in [2.24, 2.45) is 0 Å². The van der Waals surface area contributed by atoms with Crippen LogP contribution in [-0.2, 0) is 29.0 Å². The molecule has 1 aliphatic carbocycles. The highest BCUT2D eigenvalue weighted by Crippen LogP contribution is 2.38. The molecule has 5 rings (SSSR count). The topological polar surface area (TPSA) is 129 Å². The van der Waals surface area contributed by atoms with Crippen LogP contribution in [0.15, 0.2) is 59.8 Å². The minimum Gasteiger partial charge on any atom is -0.348 e. The molecule has 2 aromatic carbocycles. The number of aromatic amines is 1. The largest absolute Gasteiger partial charge is 0.348 e. The van der Waals surface area contributed by atoms with Crippen molar-refractivity contribution >= 4 is 51.5 Å². The number of fused-ring (bicyclic) bond motifs is 1. The Kier molecular flexibility index (Phi) is 8.38. The summed E-state index contributed by atoms with van der Waals surface area (Å²) in [6.07, 6.45) is 3.88. The third kappa shape index (κ3) is 6.73. The molecular formula is C28H28N6O3S2. The van der Waals surface area contributed by atoms with Gasteiger partial charge < -0.3 is 16.0 Å². The Balaban J connectivity index is 1.23. The van der Waals surface area contributed by atoms with Gasteiger partial charge in [0, 0.05) is 29.6 Å². The number of carbonyl (C=O) groups is 3. The number of H-pyrrole nitrogens is 1. The number of hydrogen-bond acceptors (Lipinski definition) is 7. The van der Waals surface area contributed by atoms with Gasteiger partial charge >= 0.3 is 0 Å². The zero-order valence-corrected chi connectivity index (χ0v) is 23.0. The maximum absolute atomic E-state index is 13.2. The summed E-state index contributed by atoms with van der Waals surface area (Å²) in [7, 11) is 0. The summed E-state index contributed by atoms with van der Waals surface area (Å²) in [6, 6.07) is 17.0. The number of anilines is 2. The zero-order valence-electron chi connectivity index (χ0n) is 21.4. The summed E-state index contributed by atoms with van der Waals surface area (Å²) >= 11 is 2.70. The molecule has 39 heavy (non-hydrogen) atoms. The van der Waals surface area contributed by atoms with Gasteiger partial charge in [-0.05, 0) is 48.9 Å². The van der Waals surface area contributed by atoms with Gasteiger partial charge in [-0.25, -0.2) is 4.98 Å². The van der Waals surface area contributed by atoms with Crippen LogP contribution in [0.4, 0.5) is 10.7 Å². The number of amides is 3. The van der Waals surface area contributed by atoms with Crippen molar-refractivity contribution in [2.75, 3.05) is 16.4 Å². The number of rotatable bonds is 9. The number of thioether (sulfide) groups is 1. The number of benzene rings is 2.